The van der Waals surface area contributed by atoms with Gasteiger partial charge < -0.3 is 11.1 Å². The van der Waals surface area contributed by atoms with Crippen molar-refractivity contribution >= 4 is 17.4 Å². The second-order valence-electron chi connectivity index (χ2n) is 9.63. The Labute approximate surface area is 230 Å². The molecule has 210 valence electrons. The van der Waals surface area contributed by atoms with Crippen LogP contribution in [0.2, 0.25) is 0 Å². The Balaban J connectivity index is 1.41. The van der Waals surface area contributed by atoms with Gasteiger partial charge in [0.1, 0.15) is 5.82 Å². The van der Waals surface area contributed by atoms with Gasteiger partial charge in [-0.15, -0.1) is 0 Å². The summed E-state index contributed by atoms with van der Waals surface area (Å²) < 4.78 is 81.0. The van der Waals surface area contributed by atoms with Gasteiger partial charge in [-0.1, -0.05) is 17.9 Å². The van der Waals surface area contributed by atoms with Crippen molar-refractivity contribution < 1.29 is 31.1 Å². The number of rotatable bonds is 4. The van der Waals surface area contributed by atoms with Crippen LogP contribution in [0.3, 0.4) is 0 Å². The third-order valence-electron chi connectivity index (χ3n) is 6.45. The SMILES string of the molecule is Cc1ccc(C(=O)Nc2cc(C(F)(F)F)cc(C(F)(F)F)c2)cc1C#Cc1cc(-c2cnn(C3CC3)c2)cnc1N. The Morgan fingerprint density at radius 3 is 2.22 bits per heavy atom. The zero-order valence-corrected chi connectivity index (χ0v) is 21.4. The molecular weight excluding hydrogens is 548 g/mol. The van der Waals surface area contributed by atoms with E-state index in [1.165, 1.54) is 12.1 Å². The topological polar surface area (TPSA) is 85.8 Å². The number of nitrogen functional groups attached to an aromatic ring is 1. The molecule has 1 fully saturated rings. The van der Waals surface area contributed by atoms with Crippen LogP contribution >= 0.6 is 0 Å². The molecule has 2 aromatic heterocycles. The first kappa shape index (κ1) is 27.8. The molecule has 0 radical (unpaired) electrons. The van der Waals surface area contributed by atoms with E-state index in [9.17, 15) is 31.1 Å². The second-order valence-corrected chi connectivity index (χ2v) is 9.63. The van der Waals surface area contributed by atoms with Gasteiger partial charge in [-0.2, -0.15) is 31.4 Å². The van der Waals surface area contributed by atoms with Crippen LogP contribution in [-0.2, 0) is 12.4 Å². The van der Waals surface area contributed by atoms with Gasteiger partial charge in [0.05, 0.1) is 28.9 Å². The van der Waals surface area contributed by atoms with Crippen molar-refractivity contribution in [3.8, 4) is 23.0 Å². The number of carbonyl (C=O) groups is 1. The van der Waals surface area contributed by atoms with E-state index in [1.807, 2.05) is 10.9 Å². The number of hydrogen-bond donors (Lipinski definition) is 2. The first-order valence-corrected chi connectivity index (χ1v) is 12.3. The molecule has 0 aliphatic heterocycles. The smallest absolute Gasteiger partial charge is 0.383 e. The number of nitrogens with zero attached hydrogens (tertiary/aromatic N) is 3. The summed E-state index contributed by atoms with van der Waals surface area (Å²) in [5.74, 6) is 5.15. The Hall–Kier alpha value is -4.79. The van der Waals surface area contributed by atoms with Crippen LogP contribution in [0.15, 0.2) is 61.1 Å². The van der Waals surface area contributed by atoms with Gasteiger partial charge in [0.2, 0.25) is 0 Å². The highest BCUT2D eigenvalue weighted by Gasteiger charge is 2.37. The van der Waals surface area contributed by atoms with Crippen molar-refractivity contribution in [2.45, 2.75) is 38.2 Å². The summed E-state index contributed by atoms with van der Waals surface area (Å²) in [7, 11) is 0. The second kappa shape index (κ2) is 10.3. The third kappa shape index (κ3) is 6.35. The zero-order chi connectivity index (χ0) is 29.5. The van der Waals surface area contributed by atoms with Gasteiger partial charge in [0.25, 0.3) is 5.91 Å². The molecule has 2 heterocycles. The maximum atomic E-state index is 13.2. The number of carbonyl (C=O) groups excluding carboxylic acids is 1. The number of halogens is 6. The largest absolute Gasteiger partial charge is 0.416 e. The van der Waals surface area contributed by atoms with E-state index in [0.717, 1.165) is 24.0 Å². The Morgan fingerprint density at radius 1 is 0.927 bits per heavy atom. The predicted octanol–water partition coefficient (Wildman–Crippen LogP) is 6.86. The van der Waals surface area contributed by atoms with E-state index in [1.54, 1.807) is 31.5 Å². The highest BCUT2D eigenvalue weighted by molar-refractivity contribution is 6.04. The van der Waals surface area contributed by atoms with E-state index in [2.05, 4.69) is 27.2 Å². The summed E-state index contributed by atoms with van der Waals surface area (Å²) in [6, 6.07) is 7.41. The van der Waals surface area contributed by atoms with Gasteiger partial charge in [-0.3, -0.25) is 9.48 Å². The lowest BCUT2D eigenvalue weighted by Gasteiger charge is -2.15. The lowest BCUT2D eigenvalue weighted by atomic mass is 10.0. The number of hydrogen-bond acceptors (Lipinski definition) is 4. The maximum Gasteiger partial charge on any atom is 0.416 e. The van der Waals surface area contributed by atoms with Crippen molar-refractivity contribution in [1.82, 2.24) is 14.8 Å². The first-order chi connectivity index (χ1) is 19.3. The Morgan fingerprint density at radius 2 is 1.59 bits per heavy atom. The molecule has 12 heteroatoms. The lowest BCUT2D eigenvalue weighted by Crippen LogP contribution is -2.16. The van der Waals surface area contributed by atoms with E-state index in [4.69, 9.17) is 5.73 Å². The van der Waals surface area contributed by atoms with E-state index in [-0.39, 0.29) is 17.4 Å². The quantitative estimate of drug-likeness (QED) is 0.208. The average Bonchev–Trinajstić information content (AvgIpc) is 3.64. The molecule has 2 aromatic carbocycles. The molecule has 1 aliphatic carbocycles. The third-order valence-corrected chi connectivity index (χ3v) is 6.45. The van der Waals surface area contributed by atoms with Crippen LogP contribution < -0.4 is 11.1 Å². The van der Waals surface area contributed by atoms with Gasteiger partial charge in [-0.25, -0.2) is 4.98 Å². The molecule has 0 atom stereocenters. The molecule has 4 aromatic rings. The van der Waals surface area contributed by atoms with E-state index in [0.29, 0.717) is 34.9 Å². The molecule has 6 nitrogen and oxygen atoms in total. The number of amides is 1. The lowest BCUT2D eigenvalue weighted by molar-refractivity contribution is -0.143. The van der Waals surface area contributed by atoms with Crippen molar-refractivity contribution in [3.05, 3.63) is 94.4 Å². The molecule has 1 aliphatic rings. The number of alkyl halides is 6. The molecule has 3 N–H and O–H groups in total. The van der Waals surface area contributed by atoms with Crippen LogP contribution in [0.4, 0.5) is 37.8 Å². The molecule has 0 spiro atoms. The van der Waals surface area contributed by atoms with Gasteiger partial charge in [0, 0.05) is 40.3 Å². The van der Waals surface area contributed by atoms with Crippen molar-refractivity contribution in [2.75, 3.05) is 11.1 Å². The molecule has 0 saturated heterocycles. The van der Waals surface area contributed by atoms with Gasteiger partial charge >= 0.3 is 12.4 Å². The van der Waals surface area contributed by atoms with Crippen molar-refractivity contribution in [3.63, 3.8) is 0 Å². The van der Waals surface area contributed by atoms with Gasteiger partial charge in [-0.05, 0) is 61.7 Å². The fourth-order valence-electron chi connectivity index (χ4n) is 4.02. The fraction of sp³-hybridized carbons (Fsp3) is 0.207. The number of anilines is 2. The molecule has 1 amide bonds. The summed E-state index contributed by atoms with van der Waals surface area (Å²) in [5.41, 5.74) is 5.42. The van der Waals surface area contributed by atoms with Crippen LogP contribution in [-0.4, -0.2) is 20.7 Å². The standard InChI is InChI=1S/C29H21F6N5O/c1-16-2-3-19(27(41)39-24-11-22(28(30,31)32)10-23(12-24)29(33,34)35)8-17(16)4-5-18-9-20(13-37-26(18)36)21-14-38-40(15-21)25-6-7-25/h2-3,8-15,25H,6-7H2,1H3,(H2,36,37)(H,39,41). The number of aryl methyl sites for hydroxylation is 1. The number of aromatic nitrogens is 3. The van der Waals surface area contributed by atoms with Crippen LogP contribution in [0.1, 0.15) is 57.1 Å². The van der Waals surface area contributed by atoms with Gasteiger partial charge in [0.15, 0.2) is 0 Å². The fourth-order valence-corrected chi connectivity index (χ4v) is 4.02. The molecule has 5 rings (SSSR count). The van der Waals surface area contributed by atoms with Crippen LogP contribution in [0, 0.1) is 18.8 Å². The highest BCUT2D eigenvalue weighted by atomic mass is 19.4. The normalized spacial score (nSPS) is 13.4. The molecule has 0 unspecified atom stereocenters. The van der Waals surface area contributed by atoms with Crippen LogP contribution in [0.5, 0.6) is 0 Å². The zero-order valence-electron chi connectivity index (χ0n) is 21.4. The number of benzene rings is 2. The number of nitrogens with two attached hydrogens (primary N) is 1. The van der Waals surface area contributed by atoms with E-state index < -0.39 is 35.1 Å². The summed E-state index contributed by atoms with van der Waals surface area (Å²) >= 11 is 0. The summed E-state index contributed by atoms with van der Waals surface area (Å²) in [6.45, 7) is 1.73. The molecule has 1 saturated carbocycles. The summed E-state index contributed by atoms with van der Waals surface area (Å²) in [4.78, 5) is 17.0. The van der Waals surface area contributed by atoms with E-state index >= 15 is 0 Å². The molecule has 41 heavy (non-hydrogen) atoms. The van der Waals surface area contributed by atoms with Crippen molar-refractivity contribution in [1.29, 1.82) is 0 Å². The first-order valence-electron chi connectivity index (χ1n) is 12.3. The minimum absolute atomic E-state index is 0.00997. The average molecular weight is 570 g/mol. The van der Waals surface area contributed by atoms with Crippen molar-refractivity contribution in [2.24, 2.45) is 0 Å². The highest BCUT2D eigenvalue weighted by Crippen LogP contribution is 2.38. The minimum Gasteiger partial charge on any atom is -0.383 e. The minimum atomic E-state index is -5.04. The molecule has 0 bridgehead atoms. The predicted molar refractivity (Wildman–Crippen MR) is 140 cm³/mol. The summed E-state index contributed by atoms with van der Waals surface area (Å²) in [6.07, 6.45) is -2.64. The number of nitrogens with one attached hydrogen (secondary N) is 1. The Bertz CT molecular complexity index is 1680. The Kier molecular flexibility index (Phi) is 6.98. The molecular formula is C29H21F6N5O. The van der Waals surface area contributed by atoms with Crippen LogP contribution in [0.25, 0.3) is 11.1 Å². The monoisotopic (exact) mass is 569 g/mol. The summed E-state index contributed by atoms with van der Waals surface area (Å²) in [5, 5.41) is 6.50. The maximum absolute atomic E-state index is 13.2. The number of pyridine rings is 1.